The third kappa shape index (κ3) is 4.24. The Morgan fingerprint density at radius 1 is 1.20 bits per heavy atom. The molecule has 0 saturated heterocycles. The largest absolute Gasteiger partial charge is 0.493 e. The number of allylic oxidation sites excluding steroid dienone is 1. The van der Waals surface area contributed by atoms with Gasteiger partial charge in [-0.1, -0.05) is 11.3 Å². The number of amides is 1. The van der Waals surface area contributed by atoms with Crippen LogP contribution in [0.5, 0.6) is 17.2 Å². The molecule has 0 atom stereocenters. The highest BCUT2D eigenvalue weighted by Gasteiger charge is 2.14. The molecule has 0 spiro atoms. The maximum Gasteiger partial charge on any atom is 0.223 e. The van der Waals surface area contributed by atoms with Crippen molar-refractivity contribution < 1.29 is 19.0 Å². The summed E-state index contributed by atoms with van der Waals surface area (Å²) in [6.07, 6.45) is 1.63. The van der Waals surface area contributed by atoms with Gasteiger partial charge in [-0.3, -0.25) is 4.79 Å². The number of aromatic nitrogens is 2. The van der Waals surface area contributed by atoms with E-state index < -0.39 is 0 Å². The van der Waals surface area contributed by atoms with Gasteiger partial charge >= 0.3 is 0 Å². The van der Waals surface area contributed by atoms with Gasteiger partial charge in [-0.25, -0.2) is 0 Å². The Bertz CT molecular complexity index is 829. The maximum atomic E-state index is 11.1. The molecule has 0 radical (unpaired) electrons. The Morgan fingerprint density at radius 2 is 1.84 bits per heavy atom. The molecule has 0 aliphatic heterocycles. The average molecular weight is 360 g/mol. The lowest BCUT2D eigenvalue weighted by atomic mass is 10.1. The van der Waals surface area contributed by atoms with E-state index in [1.165, 1.54) is 28.3 Å². The molecule has 0 fully saturated rings. The fraction of sp³-hybridized carbons (Fsp3) is 0.250. The van der Waals surface area contributed by atoms with Crippen LogP contribution in [0.3, 0.4) is 0 Å². The first-order valence-corrected chi connectivity index (χ1v) is 7.87. The molecule has 0 aliphatic carbocycles. The number of carbonyl (C=O) groups is 1. The van der Waals surface area contributed by atoms with Crippen LogP contribution in [0.25, 0.3) is 11.6 Å². The normalized spacial score (nSPS) is 10.8. The molecule has 0 aliphatic rings. The number of ether oxygens (including phenoxy) is 3. The van der Waals surface area contributed by atoms with Crippen LogP contribution in [0.15, 0.2) is 12.1 Å². The van der Waals surface area contributed by atoms with E-state index in [-0.39, 0.29) is 5.91 Å². The van der Waals surface area contributed by atoms with E-state index in [1.807, 2.05) is 0 Å². The summed E-state index contributed by atoms with van der Waals surface area (Å²) in [6, 6.07) is 5.51. The summed E-state index contributed by atoms with van der Waals surface area (Å²) in [6.45, 7) is 1.37. The molecular weight excluding hydrogens is 344 g/mol. The Kier molecular flexibility index (Phi) is 5.92. The average Bonchev–Trinajstić information content (AvgIpc) is 3.05. The number of hydrogen-bond acceptors (Lipinski definition) is 8. The smallest absolute Gasteiger partial charge is 0.223 e. The number of nitrogens with one attached hydrogen (secondary N) is 1. The van der Waals surface area contributed by atoms with Crippen LogP contribution in [0.1, 0.15) is 17.5 Å². The van der Waals surface area contributed by atoms with Crippen LogP contribution in [0.4, 0.5) is 5.13 Å². The summed E-state index contributed by atoms with van der Waals surface area (Å²) < 4.78 is 15.9. The minimum atomic E-state index is -0.255. The highest BCUT2D eigenvalue weighted by molar-refractivity contribution is 7.16. The predicted octanol–water partition coefficient (Wildman–Crippen LogP) is 2.59. The van der Waals surface area contributed by atoms with Crippen LogP contribution >= 0.6 is 11.3 Å². The minimum Gasteiger partial charge on any atom is -0.493 e. The molecule has 1 heterocycles. The monoisotopic (exact) mass is 360 g/mol. The maximum absolute atomic E-state index is 11.1. The number of rotatable bonds is 6. The van der Waals surface area contributed by atoms with Crippen molar-refractivity contribution in [3.63, 3.8) is 0 Å². The SMILES string of the molecule is COc1cc(C=C(C#N)c2nnc(NC(C)=O)s2)cc(OC)c1OC. The molecule has 1 N–H and O–H groups in total. The van der Waals surface area contributed by atoms with Gasteiger partial charge in [0, 0.05) is 6.92 Å². The Labute approximate surface area is 148 Å². The van der Waals surface area contributed by atoms with Gasteiger partial charge < -0.3 is 19.5 Å². The Morgan fingerprint density at radius 3 is 2.32 bits per heavy atom. The Hall–Kier alpha value is -3.12. The highest BCUT2D eigenvalue weighted by atomic mass is 32.1. The molecule has 25 heavy (non-hydrogen) atoms. The lowest BCUT2D eigenvalue weighted by molar-refractivity contribution is -0.114. The summed E-state index contributed by atoms with van der Waals surface area (Å²) >= 11 is 1.11. The number of nitrogens with zero attached hydrogens (tertiary/aromatic N) is 3. The van der Waals surface area contributed by atoms with E-state index in [1.54, 1.807) is 18.2 Å². The molecule has 2 rings (SSSR count). The second-order valence-electron chi connectivity index (χ2n) is 4.72. The number of nitriles is 1. The van der Waals surface area contributed by atoms with Crippen molar-refractivity contribution in [1.29, 1.82) is 5.26 Å². The van der Waals surface area contributed by atoms with Crippen molar-refractivity contribution in [1.82, 2.24) is 10.2 Å². The van der Waals surface area contributed by atoms with Gasteiger partial charge in [-0.15, -0.1) is 10.2 Å². The highest BCUT2D eigenvalue weighted by Crippen LogP contribution is 2.39. The van der Waals surface area contributed by atoms with Gasteiger partial charge in [-0.2, -0.15) is 5.26 Å². The van der Waals surface area contributed by atoms with Crippen molar-refractivity contribution >= 4 is 34.0 Å². The topological polar surface area (TPSA) is 106 Å². The van der Waals surface area contributed by atoms with E-state index in [0.717, 1.165) is 11.3 Å². The van der Waals surface area contributed by atoms with E-state index in [9.17, 15) is 10.1 Å². The van der Waals surface area contributed by atoms with Crippen LogP contribution in [0, 0.1) is 11.3 Å². The molecule has 130 valence electrons. The lowest BCUT2D eigenvalue weighted by Crippen LogP contribution is -2.04. The molecule has 9 heteroatoms. The van der Waals surface area contributed by atoms with Crippen molar-refractivity contribution in [2.24, 2.45) is 0 Å². The van der Waals surface area contributed by atoms with E-state index in [2.05, 4.69) is 21.6 Å². The molecule has 0 bridgehead atoms. The van der Waals surface area contributed by atoms with Gasteiger partial charge in [0.25, 0.3) is 0 Å². The molecule has 1 aromatic heterocycles. The van der Waals surface area contributed by atoms with Crippen molar-refractivity contribution in [3.05, 3.63) is 22.7 Å². The van der Waals surface area contributed by atoms with Crippen molar-refractivity contribution in [3.8, 4) is 23.3 Å². The first-order valence-electron chi connectivity index (χ1n) is 7.05. The molecule has 1 aromatic carbocycles. The summed E-state index contributed by atoms with van der Waals surface area (Å²) in [5.41, 5.74) is 0.964. The van der Waals surface area contributed by atoms with E-state index in [4.69, 9.17) is 14.2 Å². The predicted molar refractivity (Wildman–Crippen MR) is 93.8 cm³/mol. The summed E-state index contributed by atoms with van der Waals surface area (Å²) in [7, 11) is 4.54. The van der Waals surface area contributed by atoms with Gasteiger partial charge in [-0.05, 0) is 23.8 Å². The van der Waals surface area contributed by atoms with Crippen molar-refractivity contribution in [2.75, 3.05) is 26.6 Å². The van der Waals surface area contributed by atoms with Crippen LogP contribution in [-0.4, -0.2) is 37.4 Å². The summed E-state index contributed by atoms with van der Waals surface area (Å²) in [4.78, 5) is 11.1. The molecule has 0 unspecified atom stereocenters. The first kappa shape index (κ1) is 18.2. The van der Waals surface area contributed by atoms with Gasteiger partial charge in [0.2, 0.25) is 16.8 Å². The fourth-order valence-corrected chi connectivity index (χ4v) is 2.78. The number of anilines is 1. The third-order valence-electron chi connectivity index (χ3n) is 3.06. The Balaban J connectivity index is 2.44. The zero-order chi connectivity index (χ0) is 18.4. The molecule has 2 aromatic rings. The van der Waals surface area contributed by atoms with Crippen molar-refractivity contribution in [2.45, 2.75) is 6.92 Å². The zero-order valence-corrected chi connectivity index (χ0v) is 14.9. The molecular formula is C16H16N4O4S. The third-order valence-corrected chi connectivity index (χ3v) is 3.93. The van der Waals surface area contributed by atoms with Crippen LogP contribution < -0.4 is 19.5 Å². The lowest BCUT2D eigenvalue weighted by Gasteiger charge is -2.12. The van der Waals surface area contributed by atoms with E-state index in [0.29, 0.717) is 38.5 Å². The summed E-state index contributed by atoms with van der Waals surface area (Å²) in [5, 5.41) is 20.4. The summed E-state index contributed by atoms with van der Waals surface area (Å²) in [5.74, 6) is 1.16. The molecule has 8 nitrogen and oxygen atoms in total. The number of methoxy groups -OCH3 is 3. The van der Waals surface area contributed by atoms with Crippen LogP contribution in [-0.2, 0) is 4.79 Å². The molecule has 1 amide bonds. The second kappa shape index (κ2) is 8.12. The van der Waals surface area contributed by atoms with Gasteiger partial charge in [0.15, 0.2) is 16.5 Å². The standard InChI is InChI=1S/C16H16N4O4S/c1-9(21)18-16-20-19-15(25-16)11(8-17)5-10-6-12(22-2)14(24-4)13(7-10)23-3/h5-7H,1-4H3,(H,18,20,21). The van der Waals surface area contributed by atoms with E-state index >= 15 is 0 Å². The number of benzene rings is 1. The van der Waals surface area contributed by atoms with Gasteiger partial charge in [0.1, 0.15) is 6.07 Å². The second-order valence-corrected chi connectivity index (χ2v) is 5.70. The fourth-order valence-electron chi connectivity index (χ4n) is 2.03. The van der Waals surface area contributed by atoms with Crippen LogP contribution in [0.2, 0.25) is 0 Å². The quantitative estimate of drug-likeness (QED) is 0.789. The van der Waals surface area contributed by atoms with Gasteiger partial charge in [0.05, 0.1) is 26.9 Å². The zero-order valence-electron chi connectivity index (χ0n) is 14.1. The number of carbonyl (C=O) groups excluding carboxylic acids is 1. The molecule has 0 saturated carbocycles. The number of hydrogen-bond donors (Lipinski definition) is 1. The first-order chi connectivity index (χ1) is 12.0. The minimum absolute atomic E-state index is 0.255.